The second kappa shape index (κ2) is 8.97. The van der Waals surface area contributed by atoms with Crippen molar-refractivity contribution >= 4 is 28.3 Å². The van der Waals surface area contributed by atoms with Crippen LogP contribution in [0.1, 0.15) is 11.1 Å². The molecular weight excluding hydrogens is 372 g/mol. The van der Waals surface area contributed by atoms with Gasteiger partial charge in [-0.2, -0.15) is 0 Å². The van der Waals surface area contributed by atoms with Gasteiger partial charge in [0.15, 0.2) is 0 Å². The number of carbonyl (C=O) groups is 2. The standard InChI is InChI=1S/C22H20N2O5/c1-29-22(26)20(14-17-9-5-8-16-7-2-3-11-19(16)17)23-21(25)13-15-6-4-10-18(12-15)24(27)28/h2-12,20H,13-14H2,1H3,(H,23,25)/t20-/m1/s1. The van der Waals surface area contributed by atoms with E-state index in [4.69, 9.17) is 4.74 Å². The van der Waals surface area contributed by atoms with Crippen molar-refractivity contribution < 1.29 is 19.2 Å². The maximum absolute atomic E-state index is 12.5. The summed E-state index contributed by atoms with van der Waals surface area (Å²) < 4.78 is 4.86. The van der Waals surface area contributed by atoms with Gasteiger partial charge in [0.2, 0.25) is 5.91 Å². The van der Waals surface area contributed by atoms with Gasteiger partial charge in [0.05, 0.1) is 18.5 Å². The van der Waals surface area contributed by atoms with E-state index in [1.807, 2.05) is 42.5 Å². The molecule has 7 heteroatoms. The molecule has 0 unspecified atom stereocenters. The number of amides is 1. The predicted octanol–water partition coefficient (Wildman–Crippen LogP) is 3.19. The van der Waals surface area contributed by atoms with E-state index in [-0.39, 0.29) is 18.5 Å². The number of hydrogen-bond acceptors (Lipinski definition) is 5. The van der Waals surface area contributed by atoms with Crippen molar-refractivity contribution in [1.29, 1.82) is 0 Å². The van der Waals surface area contributed by atoms with Crippen molar-refractivity contribution in [1.82, 2.24) is 5.32 Å². The summed E-state index contributed by atoms with van der Waals surface area (Å²) in [6, 6.07) is 18.6. The second-order valence-electron chi connectivity index (χ2n) is 6.59. The second-order valence-corrected chi connectivity index (χ2v) is 6.59. The number of carbonyl (C=O) groups excluding carboxylic acids is 2. The molecule has 3 aromatic rings. The van der Waals surface area contributed by atoms with Crippen LogP contribution in [0.3, 0.4) is 0 Å². The van der Waals surface area contributed by atoms with Crippen molar-refractivity contribution in [3.8, 4) is 0 Å². The first-order chi connectivity index (χ1) is 14.0. The van der Waals surface area contributed by atoms with Crippen LogP contribution in [0.4, 0.5) is 5.69 Å². The topological polar surface area (TPSA) is 98.5 Å². The third-order valence-electron chi connectivity index (χ3n) is 4.61. The monoisotopic (exact) mass is 392 g/mol. The number of ether oxygens (including phenoxy) is 1. The molecule has 3 aromatic carbocycles. The van der Waals surface area contributed by atoms with Crippen LogP contribution in [0.2, 0.25) is 0 Å². The molecule has 0 aromatic heterocycles. The highest BCUT2D eigenvalue weighted by molar-refractivity contribution is 5.88. The van der Waals surface area contributed by atoms with Gasteiger partial charge < -0.3 is 10.1 Å². The first-order valence-corrected chi connectivity index (χ1v) is 9.05. The molecule has 0 fully saturated rings. The Bertz CT molecular complexity index is 1060. The molecule has 148 valence electrons. The van der Waals surface area contributed by atoms with Crippen LogP contribution in [0.15, 0.2) is 66.7 Å². The van der Waals surface area contributed by atoms with Gasteiger partial charge in [-0.3, -0.25) is 14.9 Å². The molecule has 29 heavy (non-hydrogen) atoms. The third kappa shape index (κ3) is 4.95. The number of nitro groups is 1. The molecule has 0 aliphatic carbocycles. The van der Waals surface area contributed by atoms with Crippen molar-refractivity contribution in [2.24, 2.45) is 0 Å². The SMILES string of the molecule is COC(=O)[C@@H](Cc1cccc2ccccc12)NC(=O)Cc1cccc([N+](=O)[O-])c1. The molecule has 3 rings (SSSR count). The number of non-ortho nitro benzene ring substituents is 1. The van der Waals surface area contributed by atoms with Crippen LogP contribution >= 0.6 is 0 Å². The number of rotatable bonds is 7. The summed E-state index contributed by atoms with van der Waals surface area (Å²) in [5.74, 6) is -0.966. The summed E-state index contributed by atoms with van der Waals surface area (Å²) in [6.07, 6.45) is 0.194. The fourth-order valence-electron chi connectivity index (χ4n) is 3.24. The first-order valence-electron chi connectivity index (χ1n) is 9.05. The lowest BCUT2D eigenvalue weighted by molar-refractivity contribution is -0.384. The highest BCUT2D eigenvalue weighted by Crippen LogP contribution is 2.20. The summed E-state index contributed by atoms with van der Waals surface area (Å²) in [7, 11) is 1.27. The van der Waals surface area contributed by atoms with Gasteiger partial charge in [0.25, 0.3) is 5.69 Å². The van der Waals surface area contributed by atoms with Gasteiger partial charge in [-0.1, -0.05) is 54.6 Å². The Morgan fingerprint density at radius 1 is 1.07 bits per heavy atom. The summed E-state index contributed by atoms with van der Waals surface area (Å²) in [5, 5.41) is 15.6. The van der Waals surface area contributed by atoms with Crippen LogP contribution in [0.5, 0.6) is 0 Å². The quantitative estimate of drug-likeness (QED) is 0.378. The number of benzene rings is 3. The Morgan fingerprint density at radius 2 is 1.79 bits per heavy atom. The molecule has 0 heterocycles. The molecule has 0 saturated heterocycles. The fourth-order valence-corrected chi connectivity index (χ4v) is 3.24. The maximum Gasteiger partial charge on any atom is 0.328 e. The van der Waals surface area contributed by atoms with E-state index in [1.54, 1.807) is 6.07 Å². The third-order valence-corrected chi connectivity index (χ3v) is 4.61. The molecule has 1 amide bonds. The number of hydrogen-bond donors (Lipinski definition) is 1. The molecule has 0 aliphatic heterocycles. The van der Waals surface area contributed by atoms with Gasteiger partial charge in [-0.25, -0.2) is 4.79 Å². The number of nitrogens with one attached hydrogen (secondary N) is 1. The Hall–Kier alpha value is -3.74. The van der Waals surface area contributed by atoms with Gasteiger partial charge in [-0.05, 0) is 21.9 Å². The average molecular weight is 392 g/mol. The highest BCUT2D eigenvalue weighted by Gasteiger charge is 2.23. The van der Waals surface area contributed by atoms with E-state index >= 15 is 0 Å². The number of esters is 1. The number of fused-ring (bicyclic) bond motifs is 1. The number of nitrogens with zero attached hydrogens (tertiary/aromatic N) is 1. The lowest BCUT2D eigenvalue weighted by Gasteiger charge is -2.18. The van der Waals surface area contributed by atoms with Crippen molar-refractivity contribution in [2.75, 3.05) is 7.11 Å². The summed E-state index contributed by atoms with van der Waals surface area (Å²) >= 11 is 0. The van der Waals surface area contributed by atoms with Crippen molar-refractivity contribution in [3.63, 3.8) is 0 Å². The zero-order chi connectivity index (χ0) is 20.8. The molecule has 1 N–H and O–H groups in total. The minimum atomic E-state index is -0.864. The van der Waals surface area contributed by atoms with Crippen molar-refractivity contribution in [2.45, 2.75) is 18.9 Å². The van der Waals surface area contributed by atoms with Crippen molar-refractivity contribution in [3.05, 3.63) is 88.0 Å². The molecule has 0 radical (unpaired) electrons. The molecule has 0 saturated carbocycles. The van der Waals surface area contributed by atoms with E-state index in [0.717, 1.165) is 16.3 Å². The van der Waals surface area contributed by atoms with Gasteiger partial charge >= 0.3 is 5.97 Å². The van der Waals surface area contributed by atoms with Gasteiger partial charge in [-0.15, -0.1) is 0 Å². The van der Waals surface area contributed by atoms with E-state index in [9.17, 15) is 19.7 Å². The smallest absolute Gasteiger partial charge is 0.328 e. The van der Waals surface area contributed by atoms with Crippen LogP contribution in [-0.2, 0) is 27.2 Å². The Kier molecular flexibility index (Phi) is 6.19. The Balaban J connectivity index is 1.77. The van der Waals surface area contributed by atoms with Crippen LogP contribution in [0, 0.1) is 10.1 Å². The largest absolute Gasteiger partial charge is 0.467 e. The van der Waals surface area contributed by atoms with Crippen LogP contribution in [-0.4, -0.2) is 30.0 Å². The Morgan fingerprint density at radius 3 is 2.55 bits per heavy atom. The molecular formula is C22H20N2O5. The van der Waals surface area contributed by atoms with E-state index in [2.05, 4.69) is 5.32 Å². The zero-order valence-corrected chi connectivity index (χ0v) is 15.8. The summed E-state index contributed by atoms with van der Waals surface area (Å²) in [5.41, 5.74) is 1.31. The molecule has 7 nitrogen and oxygen atoms in total. The average Bonchev–Trinajstić information content (AvgIpc) is 2.73. The number of methoxy groups -OCH3 is 1. The lowest BCUT2D eigenvalue weighted by atomic mass is 9.98. The first kappa shape index (κ1) is 20.0. The van der Waals surface area contributed by atoms with Crippen LogP contribution < -0.4 is 5.32 Å². The summed E-state index contributed by atoms with van der Waals surface area (Å²) in [4.78, 5) is 35.1. The molecule has 0 spiro atoms. The zero-order valence-electron chi connectivity index (χ0n) is 15.8. The minimum Gasteiger partial charge on any atom is -0.467 e. The Labute approximate surface area is 167 Å². The summed E-state index contributed by atoms with van der Waals surface area (Å²) in [6.45, 7) is 0. The molecule has 1 atom stereocenters. The predicted molar refractivity (Wildman–Crippen MR) is 108 cm³/mol. The maximum atomic E-state index is 12.5. The van der Waals surface area contributed by atoms with Crippen LogP contribution in [0.25, 0.3) is 10.8 Å². The van der Waals surface area contributed by atoms with E-state index in [0.29, 0.717) is 5.56 Å². The number of nitro benzene ring substituents is 1. The van der Waals surface area contributed by atoms with E-state index < -0.39 is 22.8 Å². The van der Waals surface area contributed by atoms with Gasteiger partial charge in [0.1, 0.15) is 6.04 Å². The lowest BCUT2D eigenvalue weighted by Crippen LogP contribution is -2.43. The normalized spacial score (nSPS) is 11.6. The highest BCUT2D eigenvalue weighted by atomic mass is 16.6. The molecule has 0 aliphatic rings. The van der Waals surface area contributed by atoms with Gasteiger partial charge in [0, 0.05) is 18.6 Å². The fraction of sp³-hybridized carbons (Fsp3) is 0.182. The van der Waals surface area contributed by atoms with E-state index in [1.165, 1.54) is 25.3 Å². The minimum absolute atomic E-state index is 0.0787. The molecule has 0 bridgehead atoms.